The van der Waals surface area contributed by atoms with Gasteiger partial charge in [-0.2, -0.15) is 18.3 Å². The number of rotatable bonds is 8. The molecule has 0 saturated heterocycles. The van der Waals surface area contributed by atoms with Crippen molar-refractivity contribution in [2.75, 3.05) is 6.61 Å². The summed E-state index contributed by atoms with van der Waals surface area (Å²) in [6.45, 7) is -0.226. The van der Waals surface area contributed by atoms with Crippen molar-refractivity contribution >= 4 is 5.91 Å². The minimum absolute atomic E-state index is 0.00966. The minimum atomic E-state index is -4.28. The first-order chi connectivity index (χ1) is 16.1. The van der Waals surface area contributed by atoms with E-state index in [0.29, 0.717) is 5.69 Å². The van der Waals surface area contributed by atoms with Crippen molar-refractivity contribution in [1.29, 1.82) is 0 Å². The molecule has 0 spiro atoms. The first kappa shape index (κ1) is 23.5. The van der Waals surface area contributed by atoms with Crippen molar-refractivity contribution in [3.63, 3.8) is 0 Å². The number of aromatic nitrogens is 3. The maximum atomic E-state index is 14.8. The Labute approximate surface area is 191 Å². The zero-order valence-electron chi connectivity index (χ0n) is 18.0. The number of nitrogens with one attached hydrogen (secondary N) is 1. The van der Waals surface area contributed by atoms with E-state index in [1.54, 1.807) is 16.9 Å². The van der Waals surface area contributed by atoms with E-state index in [9.17, 15) is 27.2 Å². The summed E-state index contributed by atoms with van der Waals surface area (Å²) in [6.07, 6.45) is -0.710. The Kier molecular flexibility index (Phi) is 6.45. The average molecular weight is 478 g/mol. The van der Waals surface area contributed by atoms with Crippen molar-refractivity contribution in [2.24, 2.45) is 5.73 Å². The molecule has 1 aliphatic rings. The molecule has 1 aliphatic carbocycles. The van der Waals surface area contributed by atoms with Crippen LogP contribution in [0, 0.1) is 5.82 Å². The second-order valence-electron chi connectivity index (χ2n) is 8.14. The lowest BCUT2D eigenvalue weighted by Crippen LogP contribution is -2.25. The Morgan fingerprint density at radius 1 is 1.21 bits per heavy atom. The fourth-order valence-corrected chi connectivity index (χ4v) is 3.75. The van der Waals surface area contributed by atoms with Crippen LogP contribution < -0.4 is 16.0 Å². The monoisotopic (exact) mass is 478 g/mol. The highest BCUT2D eigenvalue weighted by atomic mass is 19.4. The van der Waals surface area contributed by atoms with Crippen molar-refractivity contribution < 1.29 is 27.1 Å². The van der Waals surface area contributed by atoms with Crippen LogP contribution in [-0.2, 0) is 0 Å². The summed E-state index contributed by atoms with van der Waals surface area (Å²) < 4.78 is 58.5. The molecule has 2 aromatic heterocycles. The Morgan fingerprint density at radius 2 is 1.97 bits per heavy atom. The van der Waals surface area contributed by atoms with E-state index in [1.807, 2.05) is 0 Å². The number of alkyl halides is 3. The molecule has 1 amide bonds. The van der Waals surface area contributed by atoms with Crippen molar-refractivity contribution in [2.45, 2.75) is 44.3 Å². The van der Waals surface area contributed by atoms with Crippen LogP contribution in [0.4, 0.5) is 17.6 Å². The van der Waals surface area contributed by atoms with Crippen LogP contribution in [0.15, 0.2) is 41.3 Å². The highest BCUT2D eigenvalue weighted by Crippen LogP contribution is 2.33. The van der Waals surface area contributed by atoms with E-state index in [4.69, 9.17) is 10.5 Å². The van der Waals surface area contributed by atoms with Gasteiger partial charge in [0.15, 0.2) is 0 Å². The lowest BCUT2D eigenvalue weighted by Gasteiger charge is -2.25. The third kappa shape index (κ3) is 5.13. The quantitative estimate of drug-likeness (QED) is 0.365. The van der Waals surface area contributed by atoms with E-state index in [0.717, 1.165) is 25.3 Å². The molecule has 0 bridgehead atoms. The van der Waals surface area contributed by atoms with Gasteiger partial charge < -0.3 is 15.5 Å². The average Bonchev–Trinajstić information content (AvgIpc) is 3.17. The van der Waals surface area contributed by atoms with Crippen LogP contribution in [0.5, 0.6) is 5.75 Å². The predicted octanol–water partition coefficient (Wildman–Crippen LogP) is 4.59. The minimum Gasteiger partial charge on any atom is -0.493 e. The third-order valence-corrected chi connectivity index (χ3v) is 5.72. The molecule has 3 N–H and O–H groups in total. The van der Waals surface area contributed by atoms with E-state index in [2.05, 4.69) is 10.1 Å². The van der Waals surface area contributed by atoms with Gasteiger partial charge in [0.2, 0.25) is 0 Å². The van der Waals surface area contributed by atoms with Gasteiger partial charge >= 0.3 is 6.18 Å². The Bertz CT molecular complexity index is 1260. The second kappa shape index (κ2) is 9.32. The molecule has 0 radical (unpaired) electrons. The number of H-pyrrole nitrogens is 1. The number of amides is 1. The maximum absolute atomic E-state index is 14.8. The van der Waals surface area contributed by atoms with Crippen molar-refractivity contribution in [3.05, 3.63) is 58.3 Å². The first-order valence-corrected chi connectivity index (χ1v) is 10.7. The molecule has 0 aliphatic heterocycles. The molecule has 0 atom stereocenters. The van der Waals surface area contributed by atoms with Crippen LogP contribution in [0.25, 0.3) is 22.5 Å². The summed E-state index contributed by atoms with van der Waals surface area (Å²) in [7, 11) is 0. The van der Waals surface area contributed by atoms with Crippen LogP contribution in [0.1, 0.15) is 48.5 Å². The number of pyridine rings is 1. The predicted molar refractivity (Wildman–Crippen MR) is 116 cm³/mol. The van der Waals surface area contributed by atoms with Gasteiger partial charge in [-0.15, -0.1) is 0 Å². The number of carbonyl (C=O) groups excluding carboxylic acids is 1. The smallest absolute Gasteiger partial charge is 0.389 e. The molecular weight excluding hydrogens is 456 g/mol. The number of nitrogens with two attached hydrogens (primary N) is 1. The largest absolute Gasteiger partial charge is 0.493 e. The molecule has 3 aromatic rings. The molecular formula is C23H22F4N4O3. The van der Waals surface area contributed by atoms with Crippen LogP contribution in [0.3, 0.4) is 0 Å². The van der Waals surface area contributed by atoms with Gasteiger partial charge in [-0.05, 0) is 49.9 Å². The molecule has 0 unspecified atom stereocenters. The SMILES string of the molecule is NC(=O)c1c(-c2ccn(C3CCC3)n2)cc(-c2ccc(OCCCC(F)(F)F)cc2F)[nH]c1=O. The van der Waals surface area contributed by atoms with Gasteiger partial charge in [-0.25, -0.2) is 4.39 Å². The number of aromatic amines is 1. The van der Waals surface area contributed by atoms with E-state index in [1.165, 1.54) is 18.2 Å². The Morgan fingerprint density at radius 3 is 2.59 bits per heavy atom. The number of carbonyl (C=O) groups is 1. The summed E-state index contributed by atoms with van der Waals surface area (Å²) in [5, 5.41) is 4.48. The number of halogens is 4. The Balaban J connectivity index is 1.62. The number of nitrogens with zero attached hydrogens (tertiary/aromatic N) is 2. The molecule has 7 nitrogen and oxygen atoms in total. The van der Waals surface area contributed by atoms with Gasteiger partial charge in [0.1, 0.15) is 17.1 Å². The number of ether oxygens (including phenoxy) is 1. The van der Waals surface area contributed by atoms with Gasteiger partial charge in [0.05, 0.1) is 24.0 Å². The summed E-state index contributed by atoms with van der Waals surface area (Å²) >= 11 is 0. The lowest BCUT2D eigenvalue weighted by atomic mass is 9.93. The summed E-state index contributed by atoms with van der Waals surface area (Å²) in [5.41, 5.74) is 4.99. The highest BCUT2D eigenvalue weighted by Gasteiger charge is 2.26. The molecule has 1 fully saturated rings. The van der Waals surface area contributed by atoms with Gasteiger partial charge in [-0.3, -0.25) is 14.3 Å². The zero-order chi connectivity index (χ0) is 24.5. The lowest BCUT2D eigenvalue weighted by molar-refractivity contribution is -0.136. The number of hydrogen-bond acceptors (Lipinski definition) is 4. The second-order valence-corrected chi connectivity index (χ2v) is 8.14. The summed E-state index contributed by atoms with van der Waals surface area (Å²) in [6, 6.07) is 7.09. The van der Waals surface area contributed by atoms with Gasteiger partial charge in [-0.1, -0.05) is 0 Å². The van der Waals surface area contributed by atoms with Crippen molar-refractivity contribution in [3.8, 4) is 28.3 Å². The molecule has 4 rings (SSSR count). The number of hydrogen-bond donors (Lipinski definition) is 2. The van der Waals surface area contributed by atoms with E-state index in [-0.39, 0.29) is 47.2 Å². The fraction of sp³-hybridized carbons (Fsp3) is 0.348. The van der Waals surface area contributed by atoms with Crippen LogP contribution in [-0.4, -0.2) is 33.5 Å². The van der Waals surface area contributed by atoms with Gasteiger partial charge in [0, 0.05) is 29.8 Å². The van der Waals surface area contributed by atoms with Crippen molar-refractivity contribution in [1.82, 2.24) is 14.8 Å². The van der Waals surface area contributed by atoms with Gasteiger partial charge in [0.25, 0.3) is 11.5 Å². The maximum Gasteiger partial charge on any atom is 0.389 e. The normalized spacial score (nSPS) is 14.1. The molecule has 1 aromatic carbocycles. The number of primary amides is 1. The Hall–Kier alpha value is -3.63. The molecule has 2 heterocycles. The molecule has 1 saturated carbocycles. The molecule has 11 heteroatoms. The summed E-state index contributed by atoms with van der Waals surface area (Å²) in [5.74, 6) is -1.65. The number of benzene rings is 1. The zero-order valence-corrected chi connectivity index (χ0v) is 18.0. The topological polar surface area (TPSA) is 103 Å². The molecule has 34 heavy (non-hydrogen) atoms. The van der Waals surface area contributed by atoms with E-state index >= 15 is 0 Å². The fourth-order valence-electron chi connectivity index (χ4n) is 3.75. The third-order valence-electron chi connectivity index (χ3n) is 5.72. The standard InChI is InChI=1S/C23H22F4N4O3/c24-17-11-14(34-10-2-8-23(25,26)27)5-6-15(17)19-12-16(20(21(28)32)22(33)29-19)18-7-9-31(30-18)13-3-1-4-13/h5-7,9,11-13H,1-4,8,10H2,(H2,28,32)(H,29,33). The first-order valence-electron chi connectivity index (χ1n) is 10.7. The summed E-state index contributed by atoms with van der Waals surface area (Å²) in [4.78, 5) is 27.1. The highest BCUT2D eigenvalue weighted by molar-refractivity contribution is 5.99. The van der Waals surface area contributed by atoms with Crippen LogP contribution in [0.2, 0.25) is 0 Å². The van der Waals surface area contributed by atoms with E-state index < -0.39 is 29.9 Å². The molecule has 180 valence electrons. The van der Waals surface area contributed by atoms with Crippen LogP contribution >= 0.6 is 0 Å².